The second kappa shape index (κ2) is 7.09. The Balaban J connectivity index is 1.93. The van der Waals surface area contributed by atoms with Crippen molar-refractivity contribution in [1.29, 1.82) is 0 Å². The average Bonchev–Trinajstić information content (AvgIpc) is 3.46. The lowest BCUT2D eigenvalue weighted by molar-refractivity contribution is -0.142. The van der Waals surface area contributed by atoms with Gasteiger partial charge in [0, 0.05) is 0 Å². The third-order valence-electron chi connectivity index (χ3n) is 5.03. The third-order valence-corrected chi connectivity index (χ3v) is 5.03. The molecule has 0 radical (unpaired) electrons. The molecule has 130 valence electrons. The highest BCUT2D eigenvalue weighted by atomic mass is 16.4. The summed E-state index contributed by atoms with van der Waals surface area (Å²) in [6, 6.07) is 18.2. The summed E-state index contributed by atoms with van der Waals surface area (Å²) in [7, 11) is 0. The first-order valence-electron chi connectivity index (χ1n) is 8.66. The van der Waals surface area contributed by atoms with Crippen LogP contribution in [0.3, 0.4) is 0 Å². The lowest BCUT2D eigenvalue weighted by atomic mass is 9.75. The van der Waals surface area contributed by atoms with E-state index in [-0.39, 0.29) is 5.91 Å². The molecule has 1 atom stereocenters. The summed E-state index contributed by atoms with van der Waals surface area (Å²) < 4.78 is 0. The fraction of sp³-hybridized carbons (Fsp3) is 0.333. The normalized spacial score (nSPS) is 15.4. The van der Waals surface area contributed by atoms with Gasteiger partial charge in [-0.05, 0) is 30.4 Å². The fourth-order valence-corrected chi connectivity index (χ4v) is 3.18. The molecule has 3 rings (SSSR count). The molecule has 1 saturated carbocycles. The molecule has 0 heterocycles. The number of carbonyl (C=O) groups is 2. The van der Waals surface area contributed by atoms with Crippen molar-refractivity contribution in [3.8, 4) is 0 Å². The van der Waals surface area contributed by atoms with E-state index in [4.69, 9.17) is 0 Å². The molecule has 1 aliphatic carbocycles. The molecule has 2 aromatic carbocycles. The maximum atomic E-state index is 13.2. The van der Waals surface area contributed by atoms with E-state index in [0.717, 1.165) is 24.0 Å². The van der Waals surface area contributed by atoms with Gasteiger partial charge in [-0.3, -0.25) is 4.79 Å². The summed E-state index contributed by atoms with van der Waals surface area (Å²) in [5, 5.41) is 12.3. The van der Waals surface area contributed by atoms with Crippen molar-refractivity contribution in [3.05, 3.63) is 71.8 Å². The van der Waals surface area contributed by atoms with Gasteiger partial charge in [0.2, 0.25) is 5.91 Å². The van der Waals surface area contributed by atoms with Crippen LogP contribution < -0.4 is 5.32 Å². The smallest absolute Gasteiger partial charge is 0.326 e. The van der Waals surface area contributed by atoms with Crippen molar-refractivity contribution in [3.63, 3.8) is 0 Å². The number of hydrogen-bond acceptors (Lipinski definition) is 2. The minimum atomic E-state index is -0.969. The first-order chi connectivity index (χ1) is 12.0. The van der Waals surface area contributed by atoms with Crippen LogP contribution in [0.15, 0.2) is 60.7 Å². The molecular weight excluding hydrogens is 314 g/mol. The number of carboxylic acids is 1. The highest BCUT2D eigenvalue weighted by Crippen LogP contribution is 2.35. The van der Waals surface area contributed by atoms with Crippen molar-refractivity contribution in [1.82, 2.24) is 5.32 Å². The predicted molar refractivity (Wildman–Crippen MR) is 96.2 cm³/mol. The summed E-state index contributed by atoms with van der Waals surface area (Å²) in [6.45, 7) is 1.85. The summed E-state index contributed by atoms with van der Waals surface area (Å²) in [4.78, 5) is 24.8. The zero-order valence-electron chi connectivity index (χ0n) is 14.3. The number of nitrogens with one attached hydrogen (secondary N) is 1. The molecule has 1 fully saturated rings. The van der Waals surface area contributed by atoms with Gasteiger partial charge in [-0.25, -0.2) is 4.79 Å². The molecule has 0 spiro atoms. The SMILES string of the molecule is CC(C(=O)N[C@H](CC1CC1)C(=O)O)(c1ccccc1)c1ccccc1. The van der Waals surface area contributed by atoms with Crippen molar-refractivity contribution in [2.75, 3.05) is 0 Å². The van der Waals surface area contributed by atoms with Gasteiger partial charge < -0.3 is 10.4 Å². The highest BCUT2D eigenvalue weighted by molar-refractivity contribution is 5.94. The van der Waals surface area contributed by atoms with Gasteiger partial charge in [-0.2, -0.15) is 0 Å². The predicted octanol–water partition coefficient (Wildman–Crippen LogP) is 3.36. The largest absolute Gasteiger partial charge is 0.480 e. The molecular formula is C21H23NO3. The third kappa shape index (κ3) is 3.73. The van der Waals surface area contributed by atoms with Crippen LogP contribution in [-0.4, -0.2) is 23.0 Å². The van der Waals surface area contributed by atoms with Crippen LogP contribution in [0.25, 0.3) is 0 Å². The Kier molecular flexibility index (Phi) is 4.88. The Labute approximate surface area is 147 Å². The van der Waals surface area contributed by atoms with Crippen LogP contribution in [0.4, 0.5) is 0 Å². The minimum Gasteiger partial charge on any atom is -0.480 e. The maximum Gasteiger partial charge on any atom is 0.326 e. The topological polar surface area (TPSA) is 66.4 Å². The van der Waals surface area contributed by atoms with E-state index in [1.54, 1.807) is 0 Å². The van der Waals surface area contributed by atoms with Crippen LogP contribution in [0, 0.1) is 5.92 Å². The van der Waals surface area contributed by atoms with E-state index in [2.05, 4.69) is 5.32 Å². The molecule has 0 unspecified atom stereocenters. The number of carbonyl (C=O) groups excluding carboxylic acids is 1. The number of amides is 1. The van der Waals surface area contributed by atoms with Crippen molar-refractivity contribution in [2.45, 2.75) is 37.6 Å². The minimum absolute atomic E-state index is 0.280. The molecule has 4 nitrogen and oxygen atoms in total. The lowest BCUT2D eigenvalue weighted by Gasteiger charge is -2.31. The first-order valence-corrected chi connectivity index (χ1v) is 8.66. The zero-order valence-corrected chi connectivity index (χ0v) is 14.3. The first kappa shape index (κ1) is 17.2. The Morgan fingerprint density at radius 2 is 1.52 bits per heavy atom. The van der Waals surface area contributed by atoms with E-state index in [1.165, 1.54) is 0 Å². The fourth-order valence-electron chi connectivity index (χ4n) is 3.18. The number of benzene rings is 2. The van der Waals surface area contributed by atoms with Crippen LogP contribution in [0.2, 0.25) is 0 Å². The Morgan fingerprint density at radius 3 is 1.92 bits per heavy atom. The molecule has 25 heavy (non-hydrogen) atoms. The second-order valence-corrected chi connectivity index (χ2v) is 6.90. The van der Waals surface area contributed by atoms with E-state index >= 15 is 0 Å². The van der Waals surface area contributed by atoms with Crippen LogP contribution in [-0.2, 0) is 15.0 Å². The molecule has 2 N–H and O–H groups in total. The standard InChI is InChI=1S/C21H23NO3/c1-21(16-8-4-2-5-9-16,17-10-6-3-7-11-17)20(25)22-18(19(23)24)14-15-12-13-15/h2-11,15,18H,12-14H2,1H3,(H,22,25)(H,23,24)/t18-/m1/s1. The van der Waals surface area contributed by atoms with Gasteiger partial charge in [0.05, 0.1) is 5.41 Å². The molecule has 0 saturated heterocycles. The summed E-state index contributed by atoms with van der Waals surface area (Å²) in [5.74, 6) is -0.831. The Hall–Kier alpha value is -2.62. The van der Waals surface area contributed by atoms with Crippen molar-refractivity contribution >= 4 is 11.9 Å². The lowest BCUT2D eigenvalue weighted by Crippen LogP contribution is -2.50. The van der Waals surface area contributed by atoms with Gasteiger partial charge in [0.1, 0.15) is 6.04 Å². The van der Waals surface area contributed by atoms with Gasteiger partial charge in [0.15, 0.2) is 0 Å². The summed E-state index contributed by atoms with van der Waals surface area (Å²) in [6.07, 6.45) is 2.60. The van der Waals surface area contributed by atoms with E-state index in [1.807, 2.05) is 67.6 Å². The highest BCUT2D eigenvalue weighted by Gasteiger charge is 2.40. The van der Waals surface area contributed by atoms with Crippen LogP contribution >= 0.6 is 0 Å². The molecule has 4 heteroatoms. The second-order valence-electron chi connectivity index (χ2n) is 6.90. The molecule has 0 aromatic heterocycles. The number of aliphatic carboxylic acids is 1. The molecule has 2 aromatic rings. The van der Waals surface area contributed by atoms with E-state index in [9.17, 15) is 14.7 Å². The number of rotatable bonds is 7. The van der Waals surface area contributed by atoms with Crippen LogP contribution in [0.5, 0.6) is 0 Å². The van der Waals surface area contributed by atoms with Crippen LogP contribution in [0.1, 0.15) is 37.3 Å². The number of hydrogen-bond donors (Lipinski definition) is 2. The summed E-state index contributed by atoms with van der Waals surface area (Å²) in [5.41, 5.74) is 0.739. The zero-order chi connectivity index (χ0) is 17.9. The van der Waals surface area contributed by atoms with Gasteiger partial charge in [-0.15, -0.1) is 0 Å². The van der Waals surface area contributed by atoms with Gasteiger partial charge in [-0.1, -0.05) is 73.5 Å². The summed E-state index contributed by atoms with van der Waals surface area (Å²) >= 11 is 0. The average molecular weight is 337 g/mol. The molecule has 0 aliphatic heterocycles. The van der Waals surface area contributed by atoms with E-state index < -0.39 is 17.4 Å². The number of carboxylic acid groups (broad SMARTS) is 1. The maximum absolute atomic E-state index is 13.2. The van der Waals surface area contributed by atoms with Crippen molar-refractivity contribution in [2.24, 2.45) is 5.92 Å². The Bertz CT molecular complexity index is 699. The molecule has 1 amide bonds. The van der Waals surface area contributed by atoms with Gasteiger partial charge in [0.25, 0.3) is 0 Å². The van der Waals surface area contributed by atoms with Gasteiger partial charge >= 0.3 is 5.97 Å². The molecule has 1 aliphatic rings. The quantitative estimate of drug-likeness (QED) is 0.814. The van der Waals surface area contributed by atoms with E-state index in [0.29, 0.717) is 12.3 Å². The Morgan fingerprint density at radius 1 is 1.04 bits per heavy atom. The monoisotopic (exact) mass is 337 g/mol. The molecule has 0 bridgehead atoms. The van der Waals surface area contributed by atoms with Crippen molar-refractivity contribution < 1.29 is 14.7 Å².